The van der Waals surface area contributed by atoms with Crippen LogP contribution in [0.1, 0.15) is 30.4 Å². The van der Waals surface area contributed by atoms with Gasteiger partial charge in [0.25, 0.3) is 0 Å². The number of carbonyl (C=O) groups is 1. The van der Waals surface area contributed by atoms with Gasteiger partial charge in [-0.2, -0.15) is 5.10 Å². The number of aryl methyl sites for hydroxylation is 2. The SMILES string of the molecule is C=CC(=O)N1CCC(NC)CC1.Nc1ncccc1-c1nc2ccc(-n3cccn3)nc2n1-c1ccc2c(c1)CCC2. The number of nitrogen functional groups attached to an aromatic ring is 1. The second-order valence-corrected chi connectivity index (χ2v) is 10.6. The molecule has 5 heterocycles. The molecular weight excluding hydrogens is 526 g/mol. The first-order valence-electron chi connectivity index (χ1n) is 14.4. The van der Waals surface area contributed by atoms with E-state index in [9.17, 15) is 4.79 Å². The lowest BCUT2D eigenvalue weighted by molar-refractivity contribution is -0.127. The molecule has 1 aromatic carbocycles. The Morgan fingerprint density at radius 3 is 2.62 bits per heavy atom. The molecule has 5 aromatic rings. The zero-order valence-electron chi connectivity index (χ0n) is 23.8. The third-order valence-corrected chi connectivity index (χ3v) is 8.04. The van der Waals surface area contributed by atoms with Gasteiger partial charge in [0.05, 0.1) is 5.56 Å². The molecule has 214 valence electrons. The molecule has 7 rings (SSSR count). The van der Waals surface area contributed by atoms with Crippen molar-refractivity contribution in [1.29, 1.82) is 0 Å². The fourth-order valence-corrected chi connectivity index (χ4v) is 5.73. The van der Waals surface area contributed by atoms with Crippen molar-refractivity contribution < 1.29 is 4.79 Å². The lowest BCUT2D eigenvalue weighted by Gasteiger charge is -2.30. The predicted octanol–water partition coefficient (Wildman–Crippen LogP) is 4.12. The number of imidazole rings is 1. The van der Waals surface area contributed by atoms with E-state index in [4.69, 9.17) is 15.7 Å². The summed E-state index contributed by atoms with van der Waals surface area (Å²) in [6.45, 7) is 5.18. The number of amides is 1. The lowest BCUT2D eigenvalue weighted by atomic mass is 10.1. The Balaban J connectivity index is 0.000000223. The Hall–Kier alpha value is -4.83. The Labute approximate surface area is 244 Å². The van der Waals surface area contributed by atoms with Crippen LogP contribution in [-0.4, -0.2) is 66.3 Å². The number of hydrogen-bond donors (Lipinski definition) is 2. The first-order valence-corrected chi connectivity index (χ1v) is 14.4. The number of fused-ring (bicyclic) bond motifs is 2. The first-order chi connectivity index (χ1) is 20.6. The molecule has 10 heteroatoms. The van der Waals surface area contributed by atoms with E-state index >= 15 is 0 Å². The van der Waals surface area contributed by atoms with Gasteiger partial charge in [-0.25, -0.2) is 19.6 Å². The van der Waals surface area contributed by atoms with Gasteiger partial charge in [0, 0.05) is 43.4 Å². The van der Waals surface area contributed by atoms with Crippen LogP contribution in [0.15, 0.2) is 79.8 Å². The molecule has 1 aliphatic carbocycles. The van der Waals surface area contributed by atoms with Crippen molar-refractivity contribution in [3.8, 4) is 22.9 Å². The topological polar surface area (TPSA) is 120 Å². The fourth-order valence-electron chi connectivity index (χ4n) is 5.73. The smallest absolute Gasteiger partial charge is 0.245 e. The number of nitrogens with zero attached hydrogens (tertiary/aromatic N) is 7. The van der Waals surface area contributed by atoms with E-state index in [1.165, 1.54) is 23.6 Å². The second-order valence-electron chi connectivity index (χ2n) is 10.6. The number of carbonyl (C=O) groups excluding carboxylic acids is 1. The summed E-state index contributed by atoms with van der Waals surface area (Å²) < 4.78 is 3.83. The summed E-state index contributed by atoms with van der Waals surface area (Å²) in [5, 5.41) is 7.53. The van der Waals surface area contributed by atoms with E-state index in [2.05, 4.69) is 44.7 Å². The summed E-state index contributed by atoms with van der Waals surface area (Å²) in [5.41, 5.74) is 12.4. The van der Waals surface area contributed by atoms with Crippen molar-refractivity contribution in [1.82, 2.24) is 39.5 Å². The standard InChI is InChI=1S/C23H19N7.C9H16N2O/c24-21-18(6-2-11-25-21)22-27-19-9-10-20(29-13-3-12-26-29)28-23(19)30(22)17-8-7-15-4-1-5-16(15)14-17;1-3-9(12)11-6-4-8(10-2)5-7-11/h2-3,6-14H,1,4-5H2,(H2,24,25);3,8,10H,1,4-7H2,2H3. The molecule has 2 aliphatic rings. The van der Waals surface area contributed by atoms with Crippen LogP contribution in [0.3, 0.4) is 0 Å². The summed E-state index contributed by atoms with van der Waals surface area (Å²) in [4.78, 5) is 27.1. The van der Waals surface area contributed by atoms with E-state index in [1.54, 1.807) is 17.1 Å². The maximum absolute atomic E-state index is 11.1. The molecule has 0 saturated carbocycles. The number of anilines is 1. The van der Waals surface area contributed by atoms with Crippen LogP contribution < -0.4 is 11.1 Å². The van der Waals surface area contributed by atoms with Gasteiger partial charge >= 0.3 is 0 Å². The van der Waals surface area contributed by atoms with Crippen LogP contribution in [0.4, 0.5) is 5.82 Å². The molecule has 1 amide bonds. The largest absolute Gasteiger partial charge is 0.383 e. The van der Waals surface area contributed by atoms with E-state index in [-0.39, 0.29) is 5.91 Å². The molecule has 0 bridgehead atoms. The number of benzene rings is 1. The number of piperidine rings is 1. The molecule has 0 unspecified atom stereocenters. The minimum atomic E-state index is 0.0598. The second kappa shape index (κ2) is 12.0. The third-order valence-electron chi connectivity index (χ3n) is 8.04. The number of aromatic nitrogens is 6. The van der Waals surface area contributed by atoms with Gasteiger partial charge in [-0.1, -0.05) is 12.6 Å². The van der Waals surface area contributed by atoms with Gasteiger partial charge in [0.1, 0.15) is 11.3 Å². The number of likely N-dealkylation sites (tertiary alicyclic amines) is 1. The van der Waals surface area contributed by atoms with Crippen molar-refractivity contribution in [2.75, 3.05) is 25.9 Å². The molecule has 1 aliphatic heterocycles. The summed E-state index contributed by atoms with van der Waals surface area (Å²) in [6.07, 6.45) is 12.3. The highest BCUT2D eigenvalue weighted by molar-refractivity contribution is 5.87. The van der Waals surface area contributed by atoms with E-state index in [0.717, 1.165) is 72.8 Å². The normalized spacial score (nSPS) is 14.8. The summed E-state index contributed by atoms with van der Waals surface area (Å²) in [7, 11) is 1.97. The summed E-state index contributed by atoms with van der Waals surface area (Å²) >= 11 is 0. The molecule has 1 fully saturated rings. The van der Waals surface area contributed by atoms with Crippen molar-refractivity contribution in [2.45, 2.75) is 38.1 Å². The minimum absolute atomic E-state index is 0.0598. The fraction of sp³-hybridized carbons (Fsp3) is 0.281. The van der Waals surface area contributed by atoms with E-state index in [1.807, 2.05) is 48.5 Å². The predicted molar refractivity (Wildman–Crippen MR) is 165 cm³/mol. The highest BCUT2D eigenvalue weighted by atomic mass is 16.2. The van der Waals surface area contributed by atoms with Gasteiger partial charge in [-0.05, 0) is 98.8 Å². The maximum Gasteiger partial charge on any atom is 0.245 e. The van der Waals surface area contributed by atoms with Crippen LogP contribution >= 0.6 is 0 Å². The molecule has 0 radical (unpaired) electrons. The number of nitrogens with one attached hydrogen (secondary N) is 1. The molecule has 0 atom stereocenters. The molecule has 1 saturated heterocycles. The van der Waals surface area contributed by atoms with Gasteiger partial charge in [-0.15, -0.1) is 0 Å². The average Bonchev–Trinajstić information content (AvgIpc) is 3.81. The monoisotopic (exact) mass is 561 g/mol. The van der Waals surface area contributed by atoms with E-state index < -0.39 is 0 Å². The van der Waals surface area contributed by atoms with Crippen LogP contribution in [0.2, 0.25) is 0 Å². The molecule has 0 spiro atoms. The molecule has 42 heavy (non-hydrogen) atoms. The maximum atomic E-state index is 11.1. The van der Waals surface area contributed by atoms with Crippen LogP contribution in [0.25, 0.3) is 34.1 Å². The van der Waals surface area contributed by atoms with Crippen molar-refractivity contribution in [3.05, 3.63) is 90.9 Å². The highest BCUT2D eigenvalue weighted by Gasteiger charge is 2.21. The Kier molecular flexibility index (Phi) is 7.78. The Morgan fingerprint density at radius 1 is 1.05 bits per heavy atom. The number of hydrogen-bond acceptors (Lipinski definition) is 7. The quantitative estimate of drug-likeness (QED) is 0.310. The third kappa shape index (κ3) is 5.40. The number of pyridine rings is 2. The summed E-state index contributed by atoms with van der Waals surface area (Å²) in [6, 6.07) is 16.8. The zero-order valence-corrected chi connectivity index (χ0v) is 23.8. The molecule has 4 aromatic heterocycles. The molecule has 10 nitrogen and oxygen atoms in total. The first kappa shape index (κ1) is 27.3. The van der Waals surface area contributed by atoms with Crippen LogP contribution in [-0.2, 0) is 17.6 Å². The van der Waals surface area contributed by atoms with Gasteiger partial charge < -0.3 is 16.0 Å². The van der Waals surface area contributed by atoms with Gasteiger partial charge in [0.15, 0.2) is 17.3 Å². The number of rotatable bonds is 5. The summed E-state index contributed by atoms with van der Waals surface area (Å²) in [5.74, 6) is 1.98. The average molecular weight is 562 g/mol. The zero-order chi connectivity index (χ0) is 29.1. The van der Waals surface area contributed by atoms with Gasteiger partial charge in [-0.3, -0.25) is 9.36 Å². The van der Waals surface area contributed by atoms with Crippen molar-refractivity contribution in [3.63, 3.8) is 0 Å². The van der Waals surface area contributed by atoms with Crippen LogP contribution in [0.5, 0.6) is 0 Å². The van der Waals surface area contributed by atoms with Crippen LogP contribution in [0, 0.1) is 0 Å². The Morgan fingerprint density at radius 2 is 1.88 bits per heavy atom. The highest BCUT2D eigenvalue weighted by Crippen LogP contribution is 2.32. The van der Waals surface area contributed by atoms with Gasteiger partial charge in [0.2, 0.25) is 5.91 Å². The van der Waals surface area contributed by atoms with Crippen molar-refractivity contribution >= 4 is 22.9 Å². The number of nitrogens with two attached hydrogens (primary N) is 1. The lowest BCUT2D eigenvalue weighted by Crippen LogP contribution is -2.43. The minimum Gasteiger partial charge on any atom is -0.383 e. The van der Waals surface area contributed by atoms with Crippen molar-refractivity contribution in [2.24, 2.45) is 0 Å². The van der Waals surface area contributed by atoms with E-state index in [0.29, 0.717) is 11.9 Å². The molecule has 3 N–H and O–H groups in total. The Bertz CT molecular complexity index is 1720. The molecular formula is C32H35N9O.